The monoisotopic (exact) mass is 374 g/mol. The van der Waals surface area contributed by atoms with Crippen molar-refractivity contribution in [3.05, 3.63) is 24.3 Å². The second-order valence-electron chi connectivity index (χ2n) is 6.90. The van der Waals surface area contributed by atoms with Gasteiger partial charge in [0, 0.05) is 11.6 Å². The lowest BCUT2D eigenvalue weighted by molar-refractivity contribution is -0.117. The minimum Gasteiger partial charge on any atom is -0.497 e. The van der Waals surface area contributed by atoms with Crippen molar-refractivity contribution < 1.29 is 9.53 Å². The molecule has 1 saturated carbocycles. The Morgan fingerprint density at radius 2 is 1.96 bits per heavy atom. The number of primary amides is 1. The van der Waals surface area contributed by atoms with Gasteiger partial charge in [-0.05, 0) is 49.9 Å². The normalized spacial score (nSPS) is 21.3. The maximum absolute atomic E-state index is 11.5. The summed E-state index contributed by atoms with van der Waals surface area (Å²) in [6.45, 7) is 4.09. The van der Waals surface area contributed by atoms with Gasteiger partial charge >= 0.3 is 0 Å². The van der Waals surface area contributed by atoms with Crippen molar-refractivity contribution in [1.29, 1.82) is 0 Å². The zero-order valence-corrected chi connectivity index (χ0v) is 16.3. The first-order valence-electron chi connectivity index (χ1n) is 9.06. The highest BCUT2D eigenvalue weighted by atomic mass is 32.2. The van der Waals surface area contributed by atoms with Gasteiger partial charge in [0.25, 0.3) is 0 Å². The SMILES string of the molecule is COc1ccc(-c2nnc(S[C@H](C)C(N)=O)n2[C@@H]2CCCC[C@H]2C)cc1. The van der Waals surface area contributed by atoms with E-state index in [-0.39, 0.29) is 11.2 Å². The van der Waals surface area contributed by atoms with Crippen LogP contribution in [0.25, 0.3) is 11.4 Å². The maximum Gasteiger partial charge on any atom is 0.230 e. The van der Waals surface area contributed by atoms with Crippen LogP contribution in [0.1, 0.15) is 45.6 Å². The van der Waals surface area contributed by atoms with Crippen LogP contribution in [0, 0.1) is 5.92 Å². The number of nitrogens with zero attached hydrogens (tertiary/aromatic N) is 3. The molecule has 0 spiro atoms. The third-order valence-corrected chi connectivity index (χ3v) is 6.17. The standard InChI is InChI=1S/C19H26N4O2S/c1-12-6-4-5-7-16(12)23-18(14-8-10-15(25-3)11-9-14)21-22-19(23)26-13(2)17(20)24/h8-13,16H,4-7H2,1-3H3,(H2,20,24)/t12-,13-,16-/m1/s1. The molecule has 140 valence electrons. The van der Waals surface area contributed by atoms with Crippen molar-refractivity contribution in [2.24, 2.45) is 11.7 Å². The highest BCUT2D eigenvalue weighted by molar-refractivity contribution is 8.00. The molecule has 0 unspecified atom stereocenters. The van der Waals surface area contributed by atoms with Crippen LogP contribution in [0.15, 0.2) is 29.4 Å². The Kier molecular flexibility index (Phi) is 5.86. The zero-order chi connectivity index (χ0) is 18.7. The maximum atomic E-state index is 11.5. The van der Waals surface area contributed by atoms with Gasteiger partial charge in [0.1, 0.15) is 5.75 Å². The summed E-state index contributed by atoms with van der Waals surface area (Å²) in [5.74, 6) is 1.85. The molecule has 1 heterocycles. The summed E-state index contributed by atoms with van der Waals surface area (Å²) in [4.78, 5) is 11.5. The van der Waals surface area contributed by atoms with Gasteiger partial charge in [-0.3, -0.25) is 9.36 Å². The number of carbonyl (C=O) groups excluding carboxylic acids is 1. The van der Waals surface area contributed by atoms with Gasteiger partial charge in [-0.2, -0.15) is 0 Å². The smallest absolute Gasteiger partial charge is 0.230 e. The number of carbonyl (C=O) groups is 1. The number of aromatic nitrogens is 3. The van der Waals surface area contributed by atoms with Crippen molar-refractivity contribution in [3.8, 4) is 17.1 Å². The summed E-state index contributed by atoms with van der Waals surface area (Å²) in [5, 5.41) is 9.29. The lowest BCUT2D eigenvalue weighted by Crippen LogP contribution is -2.25. The van der Waals surface area contributed by atoms with Gasteiger partial charge < -0.3 is 10.5 Å². The van der Waals surface area contributed by atoms with E-state index in [1.807, 2.05) is 31.2 Å². The fourth-order valence-electron chi connectivity index (χ4n) is 3.49. The van der Waals surface area contributed by atoms with E-state index in [4.69, 9.17) is 10.5 Å². The number of hydrogen-bond donors (Lipinski definition) is 1. The summed E-state index contributed by atoms with van der Waals surface area (Å²) in [6.07, 6.45) is 4.75. The predicted octanol–water partition coefficient (Wildman–Crippen LogP) is 3.67. The van der Waals surface area contributed by atoms with Crippen molar-refractivity contribution in [2.45, 2.75) is 56.0 Å². The van der Waals surface area contributed by atoms with Crippen molar-refractivity contribution in [1.82, 2.24) is 14.8 Å². The Bertz CT molecular complexity index is 759. The number of rotatable bonds is 6. The number of hydrogen-bond acceptors (Lipinski definition) is 5. The summed E-state index contributed by atoms with van der Waals surface area (Å²) >= 11 is 1.39. The van der Waals surface area contributed by atoms with Crippen molar-refractivity contribution in [2.75, 3.05) is 7.11 Å². The van der Waals surface area contributed by atoms with E-state index >= 15 is 0 Å². The quantitative estimate of drug-likeness (QED) is 0.780. The van der Waals surface area contributed by atoms with Crippen molar-refractivity contribution in [3.63, 3.8) is 0 Å². The molecule has 0 radical (unpaired) electrons. The molecule has 3 atom stereocenters. The second-order valence-corrected chi connectivity index (χ2v) is 8.20. The predicted molar refractivity (Wildman–Crippen MR) is 103 cm³/mol. The van der Waals surface area contributed by atoms with E-state index < -0.39 is 0 Å². The van der Waals surface area contributed by atoms with Crippen LogP contribution in [-0.4, -0.2) is 33.0 Å². The molecule has 26 heavy (non-hydrogen) atoms. The average molecular weight is 375 g/mol. The first kappa shape index (κ1) is 18.8. The molecule has 1 fully saturated rings. The molecule has 7 heteroatoms. The largest absolute Gasteiger partial charge is 0.497 e. The third-order valence-electron chi connectivity index (χ3n) is 5.09. The number of thioether (sulfide) groups is 1. The summed E-state index contributed by atoms with van der Waals surface area (Å²) in [7, 11) is 1.65. The van der Waals surface area contributed by atoms with Crippen LogP contribution < -0.4 is 10.5 Å². The number of ether oxygens (including phenoxy) is 1. The highest BCUT2D eigenvalue weighted by Crippen LogP contribution is 2.39. The van der Waals surface area contributed by atoms with Crippen LogP contribution in [0.2, 0.25) is 0 Å². The van der Waals surface area contributed by atoms with Crippen LogP contribution in [0.4, 0.5) is 0 Å². The molecule has 1 aromatic heterocycles. The topological polar surface area (TPSA) is 83.0 Å². The number of nitrogens with two attached hydrogens (primary N) is 1. The molecule has 2 aromatic rings. The molecule has 1 aromatic carbocycles. The number of methoxy groups -OCH3 is 1. The van der Waals surface area contributed by atoms with E-state index in [1.54, 1.807) is 7.11 Å². The van der Waals surface area contributed by atoms with Crippen LogP contribution >= 0.6 is 11.8 Å². The Labute approximate surface area is 158 Å². The minimum atomic E-state index is -0.347. The van der Waals surface area contributed by atoms with Crippen LogP contribution in [0.3, 0.4) is 0 Å². The Hall–Kier alpha value is -2.02. The van der Waals surface area contributed by atoms with Gasteiger partial charge in [0.2, 0.25) is 5.91 Å². The Morgan fingerprint density at radius 3 is 2.58 bits per heavy atom. The highest BCUT2D eigenvalue weighted by Gasteiger charge is 2.29. The molecule has 3 rings (SSSR count). The average Bonchev–Trinajstić information content (AvgIpc) is 3.05. The van der Waals surface area contributed by atoms with Crippen molar-refractivity contribution >= 4 is 17.7 Å². The molecule has 0 aliphatic heterocycles. The fraction of sp³-hybridized carbons (Fsp3) is 0.526. The summed E-state index contributed by atoms with van der Waals surface area (Å²) in [6, 6.07) is 8.19. The second kappa shape index (κ2) is 8.12. The lowest BCUT2D eigenvalue weighted by Gasteiger charge is -2.31. The fourth-order valence-corrected chi connectivity index (χ4v) is 4.35. The first-order valence-corrected chi connectivity index (χ1v) is 9.94. The van der Waals surface area contributed by atoms with E-state index in [0.717, 1.165) is 28.7 Å². The van der Waals surface area contributed by atoms with Gasteiger partial charge in [-0.1, -0.05) is 31.5 Å². The molecule has 6 nitrogen and oxygen atoms in total. The van der Waals surface area contributed by atoms with E-state index in [9.17, 15) is 4.79 Å². The Morgan fingerprint density at radius 1 is 1.27 bits per heavy atom. The zero-order valence-electron chi connectivity index (χ0n) is 15.5. The van der Waals surface area contributed by atoms with Gasteiger partial charge in [-0.15, -0.1) is 10.2 Å². The van der Waals surface area contributed by atoms with E-state index in [2.05, 4.69) is 21.7 Å². The molecule has 1 aliphatic rings. The lowest BCUT2D eigenvalue weighted by atomic mass is 9.85. The summed E-state index contributed by atoms with van der Waals surface area (Å²) in [5.41, 5.74) is 6.45. The van der Waals surface area contributed by atoms with Gasteiger partial charge in [0.15, 0.2) is 11.0 Å². The Balaban J connectivity index is 2.02. The van der Waals surface area contributed by atoms with Gasteiger partial charge in [-0.25, -0.2) is 0 Å². The molecule has 1 amide bonds. The molecular formula is C19H26N4O2S. The van der Waals surface area contributed by atoms with Crippen LogP contribution in [-0.2, 0) is 4.79 Å². The molecule has 2 N–H and O–H groups in total. The third kappa shape index (κ3) is 3.87. The number of benzene rings is 1. The molecule has 1 aliphatic carbocycles. The van der Waals surface area contributed by atoms with E-state index in [0.29, 0.717) is 12.0 Å². The molecule has 0 bridgehead atoms. The molecular weight excluding hydrogens is 348 g/mol. The van der Waals surface area contributed by atoms with Crippen LogP contribution in [0.5, 0.6) is 5.75 Å². The first-order chi connectivity index (χ1) is 12.5. The number of amides is 1. The summed E-state index contributed by atoms with van der Waals surface area (Å²) < 4.78 is 7.47. The van der Waals surface area contributed by atoms with Gasteiger partial charge in [0.05, 0.1) is 12.4 Å². The minimum absolute atomic E-state index is 0.332. The van der Waals surface area contributed by atoms with E-state index in [1.165, 1.54) is 31.0 Å². The molecule has 0 saturated heterocycles.